The number of hydrogen-bond acceptors (Lipinski definition) is 3. The first-order chi connectivity index (χ1) is 7.25. The van der Waals surface area contributed by atoms with Gasteiger partial charge in [-0.1, -0.05) is 31.4 Å². The summed E-state index contributed by atoms with van der Waals surface area (Å²) in [6.45, 7) is 2.29. The molecule has 2 unspecified atom stereocenters. The molecule has 1 aliphatic rings. The summed E-state index contributed by atoms with van der Waals surface area (Å²) in [7, 11) is 0. The molecule has 0 aliphatic heterocycles. The molecule has 3 nitrogen and oxygen atoms in total. The van der Waals surface area contributed by atoms with Crippen LogP contribution in [0.25, 0.3) is 0 Å². The van der Waals surface area contributed by atoms with E-state index in [1.807, 2.05) is 6.07 Å². The van der Waals surface area contributed by atoms with Crippen LogP contribution in [0.5, 0.6) is 0 Å². The van der Waals surface area contributed by atoms with Gasteiger partial charge in [-0.05, 0) is 30.9 Å². The molecule has 1 aromatic heterocycles. The Morgan fingerprint density at radius 2 is 2.07 bits per heavy atom. The molecule has 2 rings (SSSR count). The molecule has 0 saturated heterocycles. The Labute approximate surface area is 95.2 Å². The lowest BCUT2D eigenvalue weighted by molar-refractivity contribution is 0.349. The van der Waals surface area contributed by atoms with Crippen LogP contribution in [0.3, 0.4) is 0 Å². The Balaban J connectivity index is 1.98. The number of aromatic nitrogens is 2. The van der Waals surface area contributed by atoms with E-state index in [9.17, 15) is 0 Å². The summed E-state index contributed by atoms with van der Waals surface area (Å²) in [6.07, 6.45) is 5.19. The Bertz CT molecular complexity index is 312. The molecule has 0 spiro atoms. The minimum Gasteiger partial charge on any atom is -0.366 e. The van der Waals surface area contributed by atoms with E-state index in [1.54, 1.807) is 6.07 Å². The second-order valence-electron chi connectivity index (χ2n) is 4.25. The molecule has 0 radical (unpaired) electrons. The standard InChI is InChI=1S/C11H16ClN3/c1-8-4-2-3-5-9(8)13-11-7-6-10(12)14-15-11/h6-9H,2-5H2,1H3,(H,13,15). The van der Waals surface area contributed by atoms with Gasteiger partial charge in [-0.15, -0.1) is 10.2 Å². The van der Waals surface area contributed by atoms with Crippen LogP contribution in [0.4, 0.5) is 5.82 Å². The molecule has 1 fully saturated rings. The molecular formula is C11H16ClN3. The molecule has 4 heteroatoms. The van der Waals surface area contributed by atoms with Gasteiger partial charge in [0.15, 0.2) is 5.15 Å². The number of hydrogen-bond donors (Lipinski definition) is 1. The van der Waals surface area contributed by atoms with Gasteiger partial charge in [0.05, 0.1) is 0 Å². The largest absolute Gasteiger partial charge is 0.366 e. The minimum absolute atomic E-state index is 0.442. The van der Waals surface area contributed by atoms with Crippen LogP contribution in [0, 0.1) is 5.92 Å². The van der Waals surface area contributed by atoms with Crippen molar-refractivity contribution in [2.24, 2.45) is 5.92 Å². The van der Waals surface area contributed by atoms with Gasteiger partial charge in [-0.3, -0.25) is 0 Å². The van der Waals surface area contributed by atoms with Crippen LogP contribution < -0.4 is 5.32 Å². The van der Waals surface area contributed by atoms with Crippen LogP contribution in [0.1, 0.15) is 32.6 Å². The van der Waals surface area contributed by atoms with E-state index < -0.39 is 0 Å². The third-order valence-corrected chi connectivity index (χ3v) is 3.28. The van der Waals surface area contributed by atoms with E-state index in [-0.39, 0.29) is 0 Å². The maximum atomic E-state index is 5.68. The van der Waals surface area contributed by atoms with Gasteiger partial charge in [0.25, 0.3) is 0 Å². The Morgan fingerprint density at radius 1 is 1.27 bits per heavy atom. The normalized spacial score (nSPS) is 26.3. The third-order valence-electron chi connectivity index (χ3n) is 3.08. The average molecular weight is 226 g/mol. The number of anilines is 1. The summed E-state index contributed by atoms with van der Waals surface area (Å²) in [5.74, 6) is 1.55. The van der Waals surface area contributed by atoms with E-state index in [0.29, 0.717) is 11.2 Å². The van der Waals surface area contributed by atoms with Crippen LogP contribution in [0.2, 0.25) is 5.15 Å². The molecule has 1 N–H and O–H groups in total. The summed E-state index contributed by atoms with van der Waals surface area (Å²) < 4.78 is 0. The summed E-state index contributed by atoms with van der Waals surface area (Å²) in [6, 6.07) is 4.19. The van der Waals surface area contributed by atoms with E-state index in [0.717, 1.165) is 11.7 Å². The number of nitrogens with zero attached hydrogens (tertiary/aromatic N) is 2. The Kier molecular flexibility index (Phi) is 3.41. The SMILES string of the molecule is CC1CCCCC1Nc1ccc(Cl)nn1. The first-order valence-corrected chi connectivity index (χ1v) is 5.89. The lowest BCUT2D eigenvalue weighted by atomic mass is 9.86. The second kappa shape index (κ2) is 4.79. The predicted molar refractivity (Wildman–Crippen MR) is 62.1 cm³/mol. The van der Waals surface area contributed by atoms with Crippen LogP contribution >= 0.6 is 11.6 Å². The predicted octanol–water partition coefficient (Wildman–Crippen LogP) is 3.12. The topological polar surface area (TPSA) is 37.8 Å². The molecule has 0 aromatic carbocycles. The average Bonchev–Trinajstić information content (AvgIpc) is 2.25. The Morgan fingerprint density at radius 3 is 2.73 bits per heavy atom. The van der Waals surface area contributed by atoms with Crippen molar-refractivity contribution in [1.29, 1.82) is 0 Å². The summed E-state index contributed by atoms with van der Waals surface area (Å²) in [5, 5.41) is 11.7. The van der Waals surface area contributed by atoms with Crippen molar-refractivity contribution in [3.8, 4) is 0 Å². The molecule has 1 saturated carbocycles. The second-order valence-corrected chi connectivity index (χ2v) is 4.64. The van der Waals surface area contributed by atoms with Crippen molar-refractivity contribution in [1.82, 2.24) is 10.2 Å². The third kappa shape index (κ3) is 2.81. The van der Waals surface area contributed by atoms with Gasteiger partial charge in [0, 0.05) is 6.04 Å². The fourth-order valence-electron chi connectivity index (χ4n) is 2.11. The molecule has 82 valence electrons. The number of nitrogens with one attached hydrogen (secondary N) is 1. The maximum absolute atomic E-state index is 5.68. The quantitative estimate of drug-likeness (QED) is 0.841. The van der Waals surface area contributed by atoms with E-state index in [1.165, 1.54) is 25.7 Å². The highest BCUT2D eigenvalue weighted by Crippen LogP contribution is 2.26. The van der Waals surface area contributed by atoms with Crippen LogP contribution in [-0.2, 0) is 0 Å². The number of halogens is 1. The molecule has 1 heterocycles. The van der Waals surface area contributed by atoms with E-state index in [4.69, 9.17) is 11.6 Å². The molecule has 2 atom stereocenters. The van der Waals surface area contributed by atoms with Crippen molar-refractivity contribution in [2.45, 2.75) is 38.6 Å². The summed E-state index contributed by atoms with van der Waals surface area (Å²) in [4.78, 5) is 0. The molecule has 1 aromatic rings. The van der Waals surface area contributed by atoms with Gasteiger partial charge in [0.1, 0.15) is 5.82 Å². The van der Waals surface area contributed by atoms with Gasteiger partial charge in [-0.25, -0.2) is 0 Å². The fraction of sp³-hybridized carbons (Fsp3) is 0.636. The zero-order chi connectivity index (χ0) is 10.7. The van der Waals surface area contributed by atoms with Crippen molar-refractivity contribution < 1.29 is 0 Å². The highest BCUT2D eigenvalue weighted by atomic mass is 35.5. The first-order valence-electron chi connectivity index (χ1n) is 5.51. The van der Waals surface area contributed by atoms with Crippen molar-refractivity contribution in [3.63, 3.8) is 0 Å². The van der Waals surface area contributed by atoms with Crippen molar-refractivity contribution >= 4 is 17.4 Å². The minimum atomic E-state index is 0.442. The highest BCUT2D eigenvalue weighted by molar-refractivity contribution is 6.29. The number of rotatable bonds is 2. The van der Waals surface area contributed by atoms with Gasteiger partial charge in [0.2, 0.25) is 0 Å². The van der Waals surface area contributed by atoms with Gasteiger partial charge >= 0.3 is 0 Å². The Hall–Kier alpha value is -0.830. The van der Waals surface area contributed by atoms with Gasteiger partial charge in [-0.2, -0.15) is 0 Å². The summed E-state index contributed by atoms with van der Waals surface area (Å²) >= 11 is 5.68. The molecule has 0 bridgehead atoms. The molecular weight excluding hydrogens is 210 g/mol. The lowest BCUT2D eigenvalue weighted by Crippen LogP contribution is -2.30. The maximum Gasteiger partial charge on any atom is 0.151 e. The van der Waals surface area contributed by atoms with Crippen molar-refractivity contribution in [3.05, 3.63) is 17.3 Å². The highest BCUT2D eigenvalue weighted by Gasteiger charge is 2.21. The van der Waals surface area contributed by atoms with Crippen LogP contribution in [0.15, 0.2) is 12.1 Å². The zero-order valence-corrected chi connectivity index (χ0v) is 9.67. The van der Waals surface area contributed by atoms with E-state index in [2.05, 4.69) is 22.4 Å². The zero-order valence-electron chi connectivity index (χ0n) is 8.91. The van der Waals surface area contributed by atoms with Crippen molar-refractivity contribution in [2.75, 3.05) is 5.32 Å². The molecule has 1 aliphatic carbocycles. The molecule has 0 amide bonds. The fourth-order valence-corrected chi connectivity index (χ4v) is 2.21. The summed E-state index contributed by atoms with van der Waals surface area (Å²) in [5.41, 5.74) is 0. The lowest BCUT2D eigenvalue weighted by Gasteiger charge is -2.29. The molecule has 15 heavy (non-hydrogen) atoms. The monoisotopic (exact) mass is 225 g/mol. The van der Waals surface area contributed by atoms with Crippen LogP contribution in [-0.4, -0.2) is 16.2 Å². The van der Waals surface area contributed by atoms with Gasteiger partial charge < -0.3 is 5.32 Å². The van der Waals surface area contributed by atoms with E-state index >= 15 is 0 Å². The first kappa shape index (κ1) is 10.7. The smallest absolute Gasteiger partial charge is 0.151 e.